The third-order valence-corrected chi connectivity index (χ3v) is 8.99. The summed E-state index contributed by atoms with van der Waals surface area (Å²) in [5, 5.41) is 17.7. The largest absolute Gasteiger partial charge is 0.496 e. The van der Waals surface area contributed by atoms with Crippen molar-refractivity contribution in [2.24, 2.45) is 0 Å². The van der Waals surface area contributed by atoms with Crippen LogP contribution in [0.15, 0.2) is 107 Å². The first-order chi connectivity index (χ1) is 21.4. The molecule has 0 spiro atoms. The first-order valence-electron chi connectivity index (χ1n) is 13.6. The highest BCUT2D eigenvalue weighted by Gasteiger charge is 2.25. The van der Waals surface area contributed by atoms with Crippen LogP contribution in [0.4, 0.5) is 10.7 Å². The molecular formula is C35H29N3O4S2. The molecule has 4 aromatic carbocycles. The molecule has 0 radical (unpaired) electrons. The predicted molar refractivity (Wildman–Crippen MR) is 177 cm³/mol. The van der Waals surface area contributed by atoms with Crippen molar-refractivity contribution in [3.8, 4) is 28.7 Å². The Morgan fingerprint density at radius 1 is 0.864 bits per heavy atom. The van der Waals surface area contributed by atoms with Gasteiger partial charge in [0.05, 0.1) is 19.8 Å². The lowest BCUT2D eigenvalue weighted by Crippen LogP contribution is -2.19. The molecule has 0 bridgehead atoms. The molecule has 0 saturated carbocycles. The van der Waals surface area contributed by atoms with Crippen LogP contribution in [0.25, 0.3) is 11.1 Å². The first kappa shape index (κ1) is 30.4. The Morgan fingerprint density at radius 2 is 1.55 bits per heavy atom. The number of hydrogen-bond donors (Lipinski definition) is 2. The van der Waals surface area contributed by atoms with Gasteiger partial charge in [-0.25, -0.2) is 0 Å². The second-order valence-electron chi connectivity index (χ2n) is 9.75. The highest BCUT2D eigenvalue weighted by Crippen LogP contribution is 2.40. The van der Waals surface area contributed by atoms with Gasteiger partial charge in [-0.2, -0.15) is 5.26 Å². The molecular weight excluding hydrogens is 591 g/mol. The molecule has 9 heteroatoms. The van der Waals surface area contributed by atoms with Crippen LogP contribution in [0.2, 0.25) is 0 Å². The summed E-state index contributed by atoms with van der Waals surface area (Å²) in [4.78, 5) is 27.9. The number of thioether (sulfide) groups is 1. The number of ether oxygens (including phenoxy) is 2. The number of nitriles is 1. The molecule has 0 aliphatic carbocycles. The number of benzene rings is 4. The SMILES string of the molecule is COc1cccc(OC)c1C(=O)Nc1cccc(SC(C(=O)Nc2scc(-c3ccc(C)cc3)c2C#N)c2ccccc2)c1. The van der Waals surface area contributed by atoms with Gasteiger partial charge in [-0.1, -0.05) is 72.3 Å². The fourth-order valence-electron chi connectivity index (χ4n) is 4.64. The van der Waals surface area contributed by atoms with E-state index in [0.717, 1.165) is 27.1 Å². The molecule has 1 atom stereocenters. The van der Waals surface area contributed by atoms with Crippen molar-refractivity contribution in [3.63, 3.8) is 0 Å². The van der Waals surface area contributed by atoms with Crippen molar-refractivity contribution in [1.82, 2.24) is 0 Å². The Hall–Kier alpha value is -5.04. The van der Waals surface area contributed by atoms with Crippen LogP contribution in [-0.2, 0) is 4.79 Å². The molecule has 1 aromatic heterocycles. The fourth-order valence-corrected chi connectivity index (χ4v) is 6.64. The lowest BCUT2D eigenvalue weighted by Gasteiger charge is -2.18. The van der Waals surface area contributed by atoms with Crippen LogP contribution in [0.1, 0.15) is 32.3 Å². The minimum atomic E-state index is -0.632. The van der Waals surface area contributed by atoms with E-state index >= 15 is 0 Å². The van der Waals surface area contributed by atoms with Crippen molar-refractivity contribution in [1.29, 1.82) is 5.26 Å². The van der Waals surface area contributed by atoms with E-state index in [-0.39, 0.29) is 17.4 Å². The predicted octanol–water partition coefficient (Wildman–Crippen LogP) is 8.34. The lowest BCUT2D eigenvalue weighted by atomic mass is 10.0. The van der Waals surface area contributed by atoms with Crippen molar-refractivity contribution in [2.45, 2.75) is 17.1 Å². The molecule has 1 unspecified atom stereocenters. The van der Waals surface area contributed by atoms with Crippen LogP contribution in [0, 0.1) is 18.3 Å². The maximum absolute atomic E-state index is 13.8. The summed E-state index contributed by atoms with van der Waals surface area (Å²) in [6.45, 7) is 2.01. The van der Waals surface area contributed by atoms with E-state index in [4.69, 9.17) is 9.47 Å². The Kier molecular flexibility index (Phi) is 9.65. The van der Waals surface area contributed by atoms with E-state index in [2.05, 4.69) is 16.7 Å². The maximum atomic E-state index is 13.8. The molecule has 5 aromatic rings. The Morgan fingerprint density at radius 3 is 2.20 bits per heavy atom. The number of anilines is 2. The van der Waals surface area contributed by atoms with E-state index in [0.29, 0.717) is 27.8 Å². The number of thiophene rings is 1. The Balaban J connectivity index is 1.39. The average molecular weight is 620 g/mol. The van der Waals surface area contributed by atoms with Gasteiger partial charge in [-0.15, -0.1) is 23.1 Å². The first-order valence-corrected chi connectivity index (χ1v) is 15.4. The van der Waals surface area contributed by atoms with Crippen LogP contribution in [0.3, 0.4) is 0 Å². The number of aryl methyl sites for hydroxylation is 1. The van der Waals surface area contributed by atoms with Gasteiger partial charge in [0.2, 0.25) is 5.91 Å². The van der Waals surface area contributed by atoms with Crippen molar-refractivity contribution >= 4 is 45.6 Å². The molecule has 2 N–H and O–H groups in total. The van der Waals surface area contributed by atoms with E-state index < -0.39 is 5.25 Å². The molecule has 44 heavy (non-hydrogen) atoms. The van der Waals surface area contributed by atoms with Gasteiger partial charge in [-0.05, 0) is 48.4 Å². The van der Waals surface area contributed by atoms with Crippen molar-refractivity contribution < 1.29 is 19.1 Å². The van der Waals surface area contributed by atoms with Gasteiger partial charge >= 0.3 is 0 Å². The minimum absolute atomic E-state index is 0.261. The fraction of sp³-hybridized carbons (Fsp3) is 0.114. The Bertz CT molecular complexity index is 1810. The third-order valence-electron chi connectivity index (χ3n) is 6.84. The number of nitrogens with one attached hydrogen (secondary N) is 2. The number of rotatable bonds is 10. The van der Waals surface area contributed by atoms with Gasteiger partial charge in [0.15, 0.2) is 0 Å². The van der Waals surface area contributed by atoms with Crippen LogP contribution < -0.4 is 20.1 Å². The van der Waals surface area contributed by atoms with Gasteiger partial charge in [0, 0.05) is 21.5 Å². The summed E-state index contributed by atoms with van der Waals surface area (Å²) in [5.41, 5.74) is 4.90. The average Bonchev–Trinajstić information content (AvgIpc) is 3.46. The molecule has 5 rings (SSSR count). The maximum Gasteiger partial charge on any atom is 0.263 e. The summed E-state index contributed by atoms with van der Waals surface area (Å²) < 4.78 is 10.8. The zero-order chi connectivity index (χ0) is 31.1. The normalized spacial score (nSPS) is 11.2. The topological polar surface area (TPSA) is 100 Å². The standard InChI is InChI=1S/C35H29N3O4S2/c1-22-15-17-23(18-16-22)28-21-43-35(27(28)20-36)38-34(40)32(24-9-5-4-6-10-24)44-26-12-7-11-25(19-26)37-33(39)31-29(41-2)13-8-14-30(31)42-3/h4-19,21,32H,1-3H3,(H,37,39)(H,38,40). The van der Waals surface area contributed by atoms with Crippen LogP contribution in [0.5, 0.6) is 11.5 Å². The molecule has 0 saturated heterocycles. The number of carbonyl (C=O) groups excluding carboxylic acids is 2. The summed E-state index contributed by atoms with van der Waals surface area (Å²) in [6.07, 6.45) is 0. The van der Waals surface area contributed by atoms with E-state index in [1.807, 2.05) is 85.1 Å². The number of hydrogen-bond acceptors (Lipinski definition) is 7. The number of carbonyl (C=O) groups is 2. The minimum Gasteiger partial charge on any atom is -0.496 e. The Labute approximate surface area is 264 Å². The summed E-state index contributed by atoms with van der Waals surface area (Å²) in [6, 6.07) is 32.1. The monoisotopic (exact) mass is 619 g/mol. The molecule has 220 valence electrons. The van der Waals surface area contributed by atoms with Crippen LogP contribution >= 0.6 is 23.1 Å². The van der Waals surface area contributed by atoms with Crippen LogP contribution in [-0.4, -0.2) is 26.0 Å². The summed E-state index contributed by atoms with van der Waals surface area (Å²) >= 11 is 2.68. The number of methoxy groups -OCH3 is 2. The quantitative estimate of drug-likeness (QED) is 0.152. The second kappa shape index (κ2) is 14.0. The molecule has 7 nitrogen and oxygen atoms in total. The lowest BCUT2D eigenvalue weighted by molar-refractivity contribution is -0.115. The number of amides is 2. The molecule has 0 aliphatic heterocycles. The second-order valence-corrected chi connectivity index (χ2v) is 11.8. The van der Waals surface area contributed by atoms with Gasteiger partial charge in [-0.3, -0.25) is 9.59 Å². The smallest absolute Gasteiger partial charge is 0.263 e. The van der Waals surface area contributed by atoms with Gasteiger partial charge in [0.25, 0.3) is 5.91 Å². The third kappa shape index (κ3) is 6.78. The highest BCUT2D eigenvalue weighted by atomic mass is 32.2. The van der Waals surface area contributed by atoms with E-state index in [1.165, 1.54) is 37.3 Å². The molecule has 0 aliphatic rings. The summed E-state index contributed by atoms with van der Waals surface area (Å²) in [5.74, 6) is 0.140. The van der Waals surface area contributed by atoms with E-state index in [9.17, 15) is 14.9 Å². The highest BCUT2D eigenvalue weighted by molar-refractivity contribution is 8.00. The van der Waals surface area contributed by atoms with Gasteiger partial charge in [0.1, 0.15) is 33.4 Å². The van der Waals surface area contributed by atoms with Crippen molar-refractivity contribution in [3.05, 3.63) is 125 Å². The zero-order valence-corrected chi connectivity index (χ0v) is 25.9. The van der Waals surface area contributed by atoms with E-state index in [1.54, 1.807) is 24.3 Å². The zero-order valence-electron chi connectivity index (χ0n) is 24.3. The molecule has 1 heterocycles. The summed E-state index contributed by atoms with van der Waals surface area (Å²) in [7, 11) is 2.99. The molecule has 0 fully saturated rings. The molecule has 2 amide bonds. The number of nitrogens with zero attached hydrogens (tertiary/aromatic N) is 1. The van der Waals surface area contributed by atoms with Crippen molar-refractivity contribution in [2.75, 3.05) is 24.9 Å². The van der Waals surface area contributed by atoms with Gasteiger partial charge < -0.3 is 20.1 Å².